The van der Waals surface area contributed by atoms with Gasteiger partial charge in [0.05, 0.1) is 28.5 Å². The van der Waals surface area contributed by atoms with E-state index in [2.05, 4.69) is 25.9 Å². The van der Waals surface area contributed by atoms with E-state index in [4.69, 9.17) is 5.73 Å². The molecule has 1 amide bonds. The molecule has 0 fully saturated rings. The van der Waals surface area contributed by atoms with Crippen molar-refractivity contribution in [2.45, 2.75) is 24.8 Å². The van der Waals surface area contributed by atoms with Crippen molar-refractivity contribution < 1.29 is 4.79 Å². The molecule has 0 spiro atoms. The van der Waals surface area contributed by atoms with Crippen LogP contribution >= 0.6 is 15.9 Å². The van der Waals surface area contributed by atoms with Crippen molar-refractivity contribution in [1.82, 2.24) is 14.5 Å². The molecule has 1 aliphatic rings. The third kappa shape index (κ3) is 2.79. The molecule has 0 saturated heterocycles. The normalized spacial score (nSPS) is 16.6. The molecule has 30 heavy (non-hydrogen) atoms. The number of aromatic nitrogens is 3. The minimum atomic E-state index is -0.803. The number of aromatic amines is 1. The number of nitrogens with zero attached hydrogens (tertiary/aromatic N) is 2. The average Bonchev–Trinajstić information content (AvgIpc) is 2.72. The quantitative estimate of drug-likeness (QED) is 0.454. The number of benzene rings is 2. The van der Waals surface area contributed by atoms with Crippen LogP contribution in [-0.2, 0) is 11.2 Å². The molecule has 5 rings (SSSR count). The van der Waals surface area contributed by atoms with Gasteiger partial charge in [-0.2, -0.15) is 0 Å². The molecule has 4 aromatic rings. The highest BCUT2D eigenvalue weighted by molar-refractivity contribution is 9.10. The molecule has 0 saturated carbocycles. The van der Waals surface area contributed by atoms with Crippen LogP contribution in [0.4, 0.5) is 0 Å². The van der Waals surface area contributed by atoms with E-state index < -0.39 is 29.0 Å². The van der Waals surface area contributed by atoms with Gasteiger partial charge < -0.3 is 10.7 Å². The lowest BCUT2D eigenvalue weighted by molar-refractivity contribution is -0.120. The highest BCUT2D eigenvalue weighted by Gasteiger charge is 2.36. The van der Waals surface area contributed by atoms with Gasteiger partial charge in [-0.25, -0.2) is 0 Å². The molecule has 0 radical (unpaired) electrons. The van der Waals surface area contributed by atoms with Gasteiger partial charge in [0.2, 0.25) is 5.91 Å². The van der Waals surface area contributed by atoms with Gasteiger partial charge in [0.15, 0.2) is 0 Å². The van der Waals surface area contributed by atoms with Crippen molar-refractivity contribution in [1.29, 1.82) is 0 Å². The number of primary amides is 1. The summed E-state index contributed by atoms with van der Waals surface area (Å²) in [6.07, 6.45) is 2.81. The second-order valence-corrected chi connectivity index (χ2v) is 8.41. The number of carbonyl (C=O) groups is 1. The van der Waals surface area contributed by atoms with Crippen LogP contribution in [0.15, 0.2) is 62.7 Å². The molecule has 3 heterocycles. The first kappa shape index (κ1) is 18.7. The number of para-hydroxylation sites is 1. The van der Waals surface area contributed by atoms with E-state index >= 15 is 0 Å². The van der Waals surface area contributed by atoms with Crippen molar-refractivity contribution in [3.8, 4) is 0 Å². The summed E-state index contributed by atoms with van der Waals surface area (Å²) >= 11 is 3.46. The number of nitrogens with one attached hydrogen (secondary N) is 1. The molecule has 7 nitrogen and oxygen atoms in total. The molecule has 0 aliphatic carbocycles. The average molecular weight is 465 g/mol. The van der Waals surface area contributed by atoms with Crippen LogP contribution < -0.4 is 16.9 Å². The highest BCUT2D eigenvalue weighted by Crippen LogP contribution is 2.40. The van der Waals surface area contributed by atoms with Crippen LogP contribution in [0.3, 0.4) is 0 Å². The Morgan fingerprint density at radius 2 is 2.03 bits per heavy atom. The van der Waals surface area contributed by atoms with Crippen LogP contribution in [0, 0.1) is 0 Å². The fourth-order valence-electron chi connectivity index (χ4n) is 4.61. The standard InChI is InChI=1S/C22H17BrN4O3/c23-13-9-12-6-7-16(27-19(12)15(10-13)26-21(29)22(27)30)17(20(24)28)14-5-1-3-11-4-2-8-25-18(11)14/h1-5,8-10,16-17H,6-7H2,(H2,24,28)(H,26,29). The Bertz CT molecular complexity index is 1450. The van der Waals surface area contributed by atoms with Gasteiger partial charge in [-0.15, -0.1) is 0 Å². The molecule has 150 valence electrons. The lowest BCUT2D eigenvalue weighted by atomic mass is 9.83. The number of halogens is 1. The summed E-state index contributed by atoms with van der Waals surface area (Å²) < 4.78 is 2.27. The molecule has 3 N–H and O–H groups in total. The summed E-state index contributed by atoms with van der Waals surface area (Å²) in [6, 6.07) is 12.4. The number of nitrogens with two attached hydrogens (primary N) is 1. The predicted octanol–water partition coefficient (Wildman–Crippen LogP) is 2.76. The van der Waals surface area contributed by atoms with Gasteiger partial charge in [-0.05, 0) is 42.2 Å². The second-order valence-electron chi connectivity index (χ2n) is 7.50. The minimum absolute atomic E-state index is 0.499. The Hall–Kier alpha value is -3.26. The lowest BCUT2D eigenvalue weighted by Gasteiger charge is -2.32. The summed E-state index contributed by atoms with van der Waals surface area (Å²) in [5.74, 6) is -1.36. The van der Waals surface area contributed by atoms with Crippen LogP contribution in [0.1, 0.15) is 29.5 Å². The zero-order chi connectivity index (χ0) is 21.0. The number of fused-ring (bicyclic) bond motifs is 1. The van der Waals surface area contributed by atoms with Gasteiger partial charge in [-0.3, -0.25) is 23.9 Å². The van der Waals surface area contributed by atoms with E-state index in [1.54, 1.807) is 12.3 Å². The molecule has 1 aliphatic heterocycles. The zero-order valence-corrected chi connectivity index (χ0v) is 17.3. The largest absolute Gasteiger partial charge is 0.369 e. The molecule has 2 unspecified atom stereocenters. The smallest absolute Gasteiger partial charge is 0.317 e. The first-order chi connectivity index (χ1) is 14.5. The number of carbonyl (C=O) groups excluding carboxylic acids is 1. The maximum Gasteiger partial charge on any atom is 0.317 e. The second kappa shape index (κ2) is 6.91. The zero-order valence-electron chi connectivity index (χ0n) is 15.8. The Morgan fingerprint density at radius 3 is 2.83 bits per heavy atom. The van der Waals surface area contributed by atoms with Crippen molar-refractivity contribution in [3.63, 3.8) is 0 Å². The van der Waals surface area contributed by atoms with Crippen LogP contribution in [-0.4, -0.2) is 20.4 Å². The molecule has 2 aromatic heterocycles. The molecule has 2 atom stereocenters. The lowest BCUT2D eigenvalue weighted by Crippen LogP contribution is -2.44. The Labute approximate surface area is 178 Å². The van der Waals surface area contributed by atoms with Crippen LogP contribution in [0.5, 0.6) is 0 Å². The summed E-state index contributed by atoms with van der Waals surface area (Å²) in [5, 5.41) is 0.879. The number of rotatable bonds is 3. The number of amides is 1. The topological polar surface area (TPSA) is 111 Å². The van der Waals surface area contributed by atoms with Gasteiger partial charge in [0.1, 0.15) is 0 Å². The Balaban J connectivity index is 1.82. The monoisotopic (exact) mass is 464 g/mol. The number of pyridine rings is 1. The van der Waals surface area contributed by atoms with Crippen LogP contribution in [0.2, 0.25) is 0 Å². The SMILES string of the molecule is NC(=O)C(c1cccc2cccnc12)C1CCc2cc(Br)cc3[nH]c(=O)c(=O)n1c23. The predicted molar refractivity (Wildman–Crippen MR) is 118 cm³/mol. The molecular weight excluding hydrogens is 448 g/mol. The van der Waals surface area contributed by atoms with Gasteiger partial charge in [-0.1, -0.05) is 40.2 Å². The highest BCUT2D eigenvalue weighted by atomic mass is 79.9. The fourth-order valence-corrected chi connectivity index (χ4v) is 5.11. The Morgan fingerprint density at radius 1 is 1.23 bits per heavy atom. The van der Waals surface area contributed by atoms with Gasteiger partial charge in [0, 0.05) is 16.1 Å². The molecule has 2 aromatic carbocycles. The summed E-state index contributed by atoms with van der Waals surface area (Å²) in [4.78, 5) is 45.2. The number of hydrogen-bond acceptors (Lipinski definition) is 4. The van der Waals surface area contributed by atoms with E-state index in [1.165, 1.54) is 4.57 Å². The van der Waals surface area contributed by atoms with Crippen molar-refractivity contribution >= 4 is 43.8 Å². The van der Waals surface area contributed by atoms with E-state index in [1.807, 2.05) is 36.4 Å². The van der Waals surface area contributed by atoms with E-state index in [0.717, 1.165) is 15.4 Å². The van der Waals surface area contributed by atoms with Crippen molar-refractivity contribution in [2.24, 2.45) is 5.73 Å². The molecular formula is C22H17BrN4O3. The molecule has 8 heteroatoms. The van der Waals surface area contributed by atoms with Gasteiger partial charge >= 0.3 is 11.1 Å². The third-order valence-electron chi connectivity index (χ3n) is 5.79. The van der Waals surface area contributed by atoms with Crippen LogP contribution in [0.25, 0.3) is 21.9 Å². The Kier molecular flexibility index (Phi) is 4.32. The first-order valence-corrected chi connectivity index (χ1v) is 10.3. The molecule has 0 bridgehead atoms. The summed E-state index contributed by atoms with van der Waals surface area (Å²) in [5.41, 5.74) is 7.91. The number of hydrogen-bond donors (Lipinski definition) is 2. The first-order valence-electron chi connectivity index (χ1n) is 9.55. The van der Waals surface area contributed by atoms with E-state index in [9.17, 15) is 14.4 Å². The minimum Gasteiger partial charge on any atom is -0.369 e. The summed E-state index contributed by atoms with van der Waals surface area (Å²) in [7, 11) is 0. The summed E-state index contributed by atoms with van der Waals surface area (Å²) in [6.45, 7) is 0. The van der Waals surface area contributed by atoms with Crippen molar-refractivity contribution in [2.75, 3.05) is 0 Å². The maximum atomic E-state index is 13.0. The van der Waals surface area contributed by atoms with E-state index in [-0.39, 0.29) is 0 Å². The van der Waals surface area contributed by atoms with Gasteiger partial charge in [0.25, 0.3) is 0 Å². The fraction of sp³-hybridized carbons (Fsp3) is 0.182. The maximum absolute atomic E-state index is 13.0. The third-order valence-corrected chi connectivity index (χ3v) is 6.24. The number of H-pyrrole nitrogens is 1. The number of aryl methyl sites for hydroxylation is 1. The van der Waals surface area contributed by atoms with Crippen molar-refractivity contribution in [3.05, 3.63) is 85.0 Å². The van der Waals surface area contributed by atoms with E-state index in [0.29, 0.717) is 35.0 Å².